The zero-order valence-corrected chi connectivity index (χ0v) is 9.58. The second-order valence-electron chi connectivity index (χ2n) is 3.26. The van der Waals surface area contributed by atoms with Crippen molar-refractivity contribution in [2.75, 3.05) is 6.54 Å². The summed E-state index contributed by atoms with van der Waals surface area (Å²) in [6.07, 6.45) is 0.175. The fraction of sp³-hybridized carbons (Fsp3) is 0.444. The predicted octanol–water partition coefficient (Wildman–Crippen LogP) is 0.731. The van der Waals surface area contributed by atoms with E-state index in [-0.39, 0.29) is 24.5 Å². The number of aryl methyl sites for hydroxylation is 1. The van der Waals surface area contributed by atoms with Gasteiger partial charge in [-0.25, -0.2) is 13.1 Å². The normalized spacial score (nSPS) is 11.6. The van der Waals surface area contributed by atoms with Gasteiger partial charge in [-0.2, -0.15) is 0 Å². The zero-order valence-electron chi connectivity index (χ0n) is 8.76. The topological polar surface area (TPSA) is 96.6 Å². The number of rotatable bonds is 6. The van der Waals surface area contributed by atoms with Crippen molar-refractivity contribution in [3.05, 3.63) is 17.9 Å². The first kappa shape index (κ1) is 12.7. The maximum absolute atomic E-state index is 11.5. The molecule has 1 aromatic heterocycles. The van der Waals surface area contributed by atoms with Crippen LogP contribution in [-0.2, 0) is 14.8 Å². The van der Waals surface area contributed by atoms with Gasteiger partial charge in [0.1, 0.15) is 5.76 Å². The number of sulfonamides is 1. The van der Waals surface area contributed by atoms with Gasteiger partial charge in [0, 0.05) is 13.0 Å². The maximum atomic E-state index is 11.5. The molecule has 0 saturated heterocycles. The minimum Gasteiger partial charge on any atom is -0.481 e. The Morgan fingerprint density at radius 3 is 2.69 bits per heavy atom. The highest BCUT2D eigenvalue weighted by Gasteiger charge is 2.17. The lowest BCUT2D eigenvalue weighted by Gasteiger charge is -2.02. The molecule has 1 aromatic rings. The standard InChI is InChI=1S/C9H13NO5S/c1-7-4-5-9(15-7)16(13,14)10-6-2-3-8(11)12/h4-5,10H,2-3,6H2,1H3,(H,11,12). The third-order valence-corrected chi connectivity index (χ3v) is 3.17. The Labute approximate surface area is 93.3 Å². The van der Waals surface area contributed by atoms with Crippen LogP contribution in [0.5, 0.6) is 0 Å². The summed E-state index contributed by atoms with van der Waals surface area (Å²) in [5.74, 6) is -0.445. The molecule has 0 spiro atoms. The Balaban J connectivity index is 2.50. The van der Waals surface area contributed by atoms with E-state index in [1.807, 2.05) is 0 Å². The quantitative estimate of drug-likeness (QED) is 0.722. The molecule has 90 valence electrons. The first-order valence-electron chi connectivity index (χ1n) is 4.70. The molecule has 1 rings (SSSR count). The lowest BCUT2D eigenvalue weighted by atomic mass is 10.3. The largest absolute Gasteiger partial charge is 0.481 e. The van der Waals surface area contributed by atoms with Crippen LogP contribution in [0, 0.1) is 6.92 Å². The van der Waals surface area contributed by atoms with E-state index in [9.17, 15) is 13.2 Å². The van der Waals surface area contributed by atoms with E-state index in [1.165, 1.54) is 6.07 Å². The van der Waals surface area contributed by atoms with Crippen LogP contribution in [0.3, 0.4) is 0 Å². The molecule has 0 aromatic carbocycles. The lowest BCUT2D eigenvalue weighted by molar-refractivity contribution is -0.137. The van der Waals surface area contributed by atoms with Gasteiger partial charge in [-0.3, -0.25) is 4.79 Å². The number of hydrogen-bond donors (Lipinski definition) is 2. The Kier molecular flexibility index (Phi) is 4.08. The van der Waals surface area contributed by atoms with Gasteiger partial charge in [0.25, 0.3) is 10.0 Å². The minimum absolute atomic E-state index is 0.0697. The first-order chi connectivity index (χ1) is 7.42. The molecule has 0 fully saturated rings. The number of hydrogen-bond acceptors (Lipinski definition) is 4. The highest BCUT2D eigenvalue weighted by molar-refractivity contribution is 7.89. The van der Waals surface area contributed by atoms with Crippen LogP contribution in [0.4, 0.5) is 0 Å². The second-order valence-corrected chi connectivity index (χ2v) is 4.96. The van der Waals surface area contributed by atoms with Crippen LogP contribution in [0.1, 0.15) is 18.6 Å². The van der Waals surface area contributed by atoms with E-state index in [1.54, 1.807) is 13.0 Å². The van der Waals surface area contributed by atoms with Gasteiger partial charge >= 0.3 is 5.97 Å². The van der Waals surface area contributed by atoms with Gasteiger partial charge in [-0.15, -0.1) is 0 Å². The molecule has 0 radical (unpaired) electrons. The molecule has 7 heteroatoms. The molecule has 1 heterocycles. The molecule has 0 bridgehead atoms. The zero-order chi connectivity index (χ0) is 12.2. The van der Waals surface area contributed by atoms with Gasteiger partial charge in [0.05, 0.1) is 0 Å². The number of furan rings is 1. The molecule has 0 aliphatic heterocycles. The number of carbonyl (C=O) groups is 1. The summed E-state index contributed by atoms with van der Waals surface area (Å²) in [5.41, 5.74) is 0. The molecule has 0 aliphatic rings. The van der Waals surface area contributed by atoms with E-state index in [0.717, 1.165) is 0 Å². The van der Waals surface area contributed by atoms with Gasteiger partial charge in [-0.1, -0.05) is 0 Å². The fourth-order valence-corrected chi connectivity index (χ4v) is 2.12. The van der Waals surface area contributed by atoms with Gasteiger partial charge < -0.3 is 9.52 Å². The average Bonchev–Trinajstić information content (AvgIpc) is 2.60. The molecule has 0 amide bonds. The highest BCUT2D eigenvalue weighted by atomic mass is 32.2. The summed E-state index contributed by atoms with van der Waals surface area (Å²) in [4.78, 5) is 10.2. The molecular formula is C9H13NO5S. The Bertz CT molecular complexity index is 462. The van der Waals surface area contributed by atoms with Crippen molar-refractivity contribution >= 4 is 16.0 Å². The second kappa shape index (κ2) is 5.13. The minimum atomic E-state index is -3.65. The lowest BCUT2D eigenvalue weighted by Crippen LogP contribution is -2.24. The number of carboxylic acids is 1. The fourth-order valence-electron chi connectivity index (χ4n) is 1.07. The summed E-state index contributed by atoms with van der Waals surface area (Å²) in [5, 5.41) is 8.22. The Morgan fingerprint density at radius 2 is 2.19 bits per heavy atom. The SMILES string of the molecule is Cc1ccc(S(=O)(=O)NCCCC(=O)O)o1. The van der Waals surface area contributed by atoms with E-state index in [2.05, 4.69) is 4.72 Å². The summed E-state index contributed by atoms with van der Waals surface area (Å²) in [6.45, 7) is 1.72. The number of aliphatic carboxylic acids is 1. The molecule has 0 atom stereocenters. The molecule has 16 heavy (non-hydrogen) atoms. The molecular weight excluding hydrogens is 234 g/mol. The summed E-state index contributed by atoms with van der Waals surface area (Å²) >= 11 is 0. The van der Waals surface area contributed by atoms with Crippen molar-refractivity contribution < 1.29 is 22.7 Å². The van der Waals surface area contributed by atoms with E-state index in [0.29, 0.717) is 5.76 Å². The first-order valence-corrected chi connectivity index (χ1v) is 6.18. The third kappa shape index (κ3) is 3.67. The van der Waals surface area contributed by atoms with Crippen molar-refractivity contribution in [2.45, 2.75) is 24.9 Å². The van der Waals surface area contributed by atoms with Crippen LogP contribution in [0.15, 0.2) is 21.6 Å². The highest BCUT2D eigenvalue weighted by Crippen LogP contribution is 2.12. The summed E-state index contributed by atoms with van der Waals surface area (Å²) < 4.78 is 30.3. The smallest absolute Gasteiger partial charge is 0.303 e. The summed E-state index contributed by atoms with van der Waals surface area (Å²) in [6, 6.07) is 2.90. The van der Waals surface area contributed by atoms with Crippen LogP contribution in [0.2, 0.25) is 0 Å². The molecule has 0 saturated carbocycles. The van der Waals surface area contributed by atoms with Crippen LogP contribution >= 0.6 is 0 Å². The van der Waals surface area contributed by atoms with Gasteiger partial charge in [0.15, 0.2) is 0 Å². The van der Waals surface area contributed by atoms with Crippen LogP contribution in [0.25, 0.3) is 0 Å². The van der Waals surface area contributed by atoms with E-state index < -0.39 is 16.0 Å². The van der Waals surface area contributed by atoms with Crippen molar-refractivity contribution in [3.8, 4) is 0 Å². The summed E-state index contributed by atoms with van der Waals surface area (Å²) in [7, 11) is -3.65. The third-order valence-electron chi connectivity index (χ3n) is 1.84. The van der Waals surface area contributed by atoms with E-state index in [4.69, 9.17) is 9.52 Å². The Morgan fingerprint density at radius 1 is 1.50 bits per heavy atom. The van der Waals surface area contributed by atoms with Crippen molar-refractivity contribution in [2.24, 2.45) is 0 Å². The van der Waals surface area contributed by atoms with Crippen molar-refractivity contribution in [3.63, 3.8) is 0 Å². The molecule has 6 nitrogen and oxygen atoms in total. The average molecular weight is 247 g/mol. The predicted molar refractivity (Wildman–Crippen MR) is 55.5 cm³/mol. The van der Waals surface area contributed by atoms with Gasteiger partial charge in [0.2, 0.25) is 5.09 Å². The molecule has 0 aliphatic carbocycles. The molecule has 2 N–H and O–H groups in total. The van der Waals surface area contributed by atoms with E-state index >= 15 is 0 Å². The number of carboxylic acid groups (broad SMARTS) is 1. The van der Waals surface area contributed by atoms with Gasteiger partial charge in [-0.05, 0) is 25.5 Å². The Hall–Kier alpha value is -1.34. The monoisotopic (exact) mass is 247 g/mol. The van der Waals surface area contributed by atoms with Crippen molar-refractivity contribution in [1.29, 1.82) is 0 Å². The van der Waals surface area contributed by atoms with Crippen LogP contribution < -0.4 is 4.72 Å². The van der Waals surface area contributed by atoms with Crippen molar-refractivity contribution in [1.82, 2.24) is 4.72 Å². The number of nitrogens with one attached hydrogen (secondary N) is 1. The molecule has 0 unspecified atom stereocenters. The maximum Gasteiger partial charge on any atom is 0.303 e. The van der Waals surface area contributed by atoms with Crippen LogP contribution in [-0.4, -0.2) is 26.0 Å².